The number of Topliss-reactive ketones (excluding diaryl/α,β-unsaturated/α-hetero) is 1. The first kappa shape index (κ1) is 9.30. The van der Waals surface area contributed by atoms with Crippen LogP contribution >= 0.6 is 11.3 Å². The summed E-state index contributed by atoms with van der Waals surface area (Å²) in [5, 5.41) is 0.997. The average Bonchev–Trinajstić information content (AvgIpc) is 2.83. The number of nitrogens with zero attached hydrogens (tertiary/aromatic N) is 2. The second kappa shape index (κ2) is 3.57. The number of hydrogen-bond donors (Lipinski definition) is 0. The van der Waals surface area contributed by atoms with Crippen molar-refractivity contribution in [2.45, 2.75) is 12.8 Å². The molecule has 80 valence electrons. The molecule has 1 aromatic rings. The summed E-state index contributed by atoms with van der Waals surface area (Å²) in [5.41, 5.74) is 1.01. The monoisotopic (exact) mass is 224 g/mol. The Morgan fingerprint density at radius 2 is 2.07 bits per heavy atom. The van der Waals surface area contributed by atoms with Gasteiger partial charge in [-0.1, -0.05) is 11.3 Å². The lowest BCUT2D eigenvalue weighted by Gasteiger charge is -2.26. The molecule has 15 heavy (non-hydrogen) atoms. The molecule has 0 radical (unpaired) electrons. The molecule has 0 bridgehead atoms. The Morgan fingerprint density at radius 1 is 1.27 bits per heavy atom. The Labute approximate surface area is 91.9 Å². The van der Waals surface area contributed by atoms with Gasteiger partial charge < -0.3 is 9.64 Å². The van der Waals surface area contributed by atoms with Crippen molar-refractivity contribution in [2.24, 2.45) is 0 Å². The second-order valence-electron chi connectivity index (χ2n) is 3.79. The van der Waals surface area contributed by atoms with Gasteiger partial charge in [-0.2, -0.15) is 0 Å². The number of ketones is 1. The fraction of sp³-hybridized carbons (Fsp3) is 0.600. The molecule has 1 aliphatic heterocycles. The van der Waals surface area contributed by atoms with Crippen LogP contribution in [0.4, 0.5) is 5.13 Å². The molecule has 0 saturated carbocycles. The minimum absolute atomic E-state index is 0.266. The largest absolute Gasteiger partial charge is 0.378 e. The van der Waals surface area contributed by atoms with Gasteiger partial charge in [0.25, 0.3) is 0 Å². The van der Waals surface area contributed by atoms with Crippen LogP contribution in [0.1, 0.15) is 21.8 Å². The first-order valence-electron chi connectivity index (χ1n) is 5.20. The van der Waals surface area contributed by atoms with Gasteiger partial charge in [-0.15, -0.1) is 0 Å². The first-order valence-corrected chi connectivity index (χ1v) is 6.02. The maximum Gasteiger partial charge on any atom is 0.186 e. The minimum Gasteiger partial charge on any atom is -0.378 e. The minimum atomic E-state index is 0.266. The van der Waals surface area contributed by atoms with E-state index < -0.39 is 0 Å². The van der Waals surface area contributed by atoms with Gasteiger partial charge in [0.1, 0.15) is 0 Å². The number of thiazole rings is 1. The number of fused-ring (bicyclic) bond motifs is 1. The number of aromatic nitrogens is 1. The molecule has 0 amide bonds. The van der Waals surface area contributed by atoms with E-state index >= 15 is 0 Å². The van der Waals surface area contributed by atoms with Gasteiger partial charge in [0.15, 0.2) is 10.9 Å². The molecule has 2 aliphatic rings. The van der Waals surface area contributed by atoms with Crippen molar-refractivity contribution in [2.75, 3.05) is 31.2 Å². The summed E-state index contributed by atoms with van der Waals surface area (Å²) in [7, 11) is 0. The standard InChI is InChI=1S/C10H12N2O2S/c13-8-2-1-7-9(8)15-10(11-7)12-3-5-14-6-4-12/h1-6H2. The van der Waals surface area contributed by atoms with E-state index in [4.69, 9.17) is 4.74 Å². The molecular formula is C10H12N2O2S. The zero-order chi connectivity index (χ0) is 10.3. The summed E-state index contributed by atoms with van der Waals surface area (Å²) in [6.45, 7) is 3.30. The maximum absolute atomic E-state index is 11.5. The third-order valence-corrected chi connectivity index (χ3v) is 4.01. The average molecular weight is 224 g/mol. The molecule has 1 fully saturated rings. The topological polar surface area (TPSA) is 42.4 Å². The van der Waals surface area contributed by atoms with Crippen molar-refractivity contribution in [1.82, 2.24) is 4.98 Å². The van der Waals surface area contributed by atoms with E-state index in [9.17, 15) is 4.79 Å². The Hall–Kier alpha value is -0.940. The first-order chi connectivity index (χ1) is 7.34. The molecular weight excluding hydrogens is 212 g/mol. The smallest absolute Gasteiger partial charge is 0.186 e. The van der Waals surface area contributed by atoms with Crippen molar-refractivity contribution in [1.29, 1.82) is 0 Å². The van der Waals surface area contributed by atoms with E-state index in [-0.39, 0.29) is 5.78 Å². The van der Waals surface area contributed by atoms with Crippen molar-refractivity contribution in [3.63, 3.8) is 0 Å². The highest BCUT2D eigenvalue weighted by Gasteiger charge is 2.26. The van der Waals surface area contributed by atoms with E-state index in [1.54, 1.807) is 11.3 Å². The van der Waals surface area contributed by atoms with E-state index in [0.29, 0.717) is 6.42 Å². The van der Waals surface area contributed by atoms with Gasteiger partial charge in [-0.25, -0.2) is 4.98 Å². The van der Waals surface area contributed by atoms with Crippen LogP contribution in [0.5, 0.6) is 0 Å². The molecule has 5 heteroatoms. The Morgan fingerprint density at radius 3 is 2.80 bits per heavy atom. The Bertz CT molecular complexity index is 396. The molecule has 3 rings (SSSR count). The highest BCUT2D eigenvalue weighted by atomic mass is 32.1. The highest BCUT2D eigenvalue weighted by molar-refractivity contribution is 7.17. The number of aryl methyl sites for hydroxylation is 1. The zero-order valence-corrected chi connectivity index (χ0v) is 9.18. The van der Waals surface area contributed by atoms with Gasteiger partial charge in [-0.05, 0) is 6.42 Å². The summed E-state index contributed by atoms with van der Waals surface area (Å²) >= 11 is 1.55. The van der Waals surface area contributed by atoms with Crippen LogP contribution in [0.25, 0.3) is 0 Å². The van der Waals surface area contributed by atoms with Gasteiger partial charge in [0, 0.05) is 19.5 Å². The van der Waals surface area contributed by atoms with Crippen molar-refractivity contribution in [3.8, 4) is 0 Å². The third kappa shape index (κ3) is 1.55. The fourth-order valence-electron chi connectivity index (χ4n) is 1.96. The fourth-order valence-corrected chi connectivity index (χ4v) is 3.09. The lowest BCUT2D eigenvalue weighted by molar-refractivity contribution is 0.0998. The van der Waals surface area contributed by atoms with E-state index in [1.165, 1.54) is 0 Å². The van der Waals surface area contributed by atoms with Crippen LogP contribution in [0.15, 0.2) is 0 Å². The van der Waals surface area contributed by atoms with Crippen molar-refractivity contribution in [3.05, 3.63) is 10.6 Å². The number of anilines is 1. The summed E-state index contributed by atoms with van der Waals surface area (Å²) < 4.78 is 5.29. The van der Waals surface area contributed by atoms with Crippen molar-refractivity contribution < 1.29 is 9.53 Å². The molecule has 1 saturated heterocycles. The van der Waals surface area contributed by atoms with Crippen LogP contribution in [-0.4, -0.2) is 37.1 Å². The highest BCUT2D eigenvalue weighted by Crippen LogP contribution is 2.32. The quantitative estimate of drug-likeness (QED) is 0.716. The molecule has 1 aromatic heterocycles. The molecule has 2 heterocycles. The molecule has 1 aliphatic carbocycles. The predicted molar refractivity (Wildman–Crippen MR) is 57.8 cm³/mol. The Balaban J connectivity index is 1.87. The van der Waals surface area contributed by atoms with Crippen LogP contribution in [0, 0.1) is 0 Å². The van der Waals surface area contributed by atoms with Crippen LogP contribution in [-0.2, 0) is 11.2 Å². The third-order valence-electron chi connectivity index (χ3n) is 2.81. The summed E-state index contributed by atoms with van der Waals surface area (Å²) in [6.07, 6.45) is 1.48. The maximum atomic E-state index is 11.5. The van der Waals surface area contributed by atoms with Crippen LogP contribution in [0.2, 0.25) is 0 Å². The molecule has 0 unspecified atom stereocenters. The Kier molecular flexibility index (Phi) is 2.21. The predicted octanol–water partition coefficient (Wildman–Crippen LogP) is 1.11. The molecule has 4 nitrogen and oxygen atoms in total. The molecule has 0 N–H and O–H groups in total. The number of morpholine rings is 1. The van der Waals surface area contributed by atoms with Gasteiger partial charge in [0.05, 0.1) is 23.8 Å². The second-order valence-corrected chi connectivity index (χ2v) is 4.77. The van der Waals surface area contributed by atoms with E-state index in [2.05, 4.69) is 9.88 Å². The lowest BCUT2D eigenvalue weighted by atomic mass is 10.3. The normalized spacial score (nSPS) is 20.8. The number of carbonyl (C=O) groups excluding carboxylic acids is 1. The number of hydrogen-bond acceptors (Lipinski definition) is 5. The summed E-state index contributed by atoms with van der Waals surface area (Å²) in [4.78, 5) is 19.1. The lowest BCUT2D eigenvalue weighted by Crippen LogP contribution is -2.36. The van der Waals surface area contributed by atoms with Gasteiger partial charge >= 0.3 is 0 Å². The van der Waals surface area contributed by atoms with Crippen molar-refractivity contribution >= 4 is 22.3 Å². The number of ether oxygens (including phenoxy) is 1. The van der Waals surface area contributed by atoms with Crippen LogP contribution in [0.3, 0.4) is 0 Å². The summed E-state index contributed by atoms with van der Waals surface area (Å²) in [5.74, 6) is 0.266. The zero-order valence-electron chi connectivity index (χ0n) is 8.36. The van der Waals surface area contributed by atoms with Crippen LogP contribution < -0.4 is 4.90 Å². The van der Waals surface area contributed by atoms with Gasteiger partial charge in [-0.3, -0.25) is 4.79 Å². The molecule has 0 spiro atoms. The SMILES string of the molecule is O=C1CCc2nc(N3CCOCC3)sc21. The molecule has 0 aromatic carbocycles. The van der Waals surface area contributed by atoms with E-state index in [1.807, 2.05) is 0 Å². The van der Waals surface area contributed by atoms with E-state index in [0.717, 1.165) is 48.4 Å². The summed E-state index contributed by atoms with van der Waals surface area (Å²) in [6, 6.07) is 0. The number of rotatable bonds is 1. The number of carbonyl (C=O) groups is 1. The molecule has 0 atom stereocenters. The van der Waals surface area contributed by atoms with Gasteiger partial charge in [0.2, 0.25) is 0 Å².